The first-order valence-electron chi connectivity index (χ1n) is 16.4. The highest BCUT2D eigenvalue weighted by Gasteiger charge is 2.64. The Bertz CT molecular complexity index is 1550. The van der Waals surface area contributed by atoms with Crippen LogP contribution in [0.15, 0.2) is 77.4 Å². The van der Waals surface area contributed by atoms with Gasteiger partial charge in [0.05, 0.1) is 13.5 Å². The Labute approximate surface area is 292 Å². The number of methoxy groups -OCH3 is 2. The number of aromatic hydroxyl groups is 2. The molecule has 0 saturated carbocycles. The Kier molecular flexibility index (Phi) is 16.0. The molecule has 0 amide bonds. The van der Waals surface area contributed by atoms with Gasteiger partial charge in [-0.15, -0.1) is 0 Å². The summed E-state index contributed by atoms with van der Waals surface area (Å²) in [6.45, 7) is 9.04. The number of hydrogen-bond acceptors (Lipinski definition) is 8. The van der Waals surface area contributed by atoms with E-state index in [-0.39, 0.29) is 47.2 Å². The quantitative estimate of drug-likeness (QED) is 0.0904. The van der Waals surface area contributed by atoms with E-state index in [4.69, 9.17) is 9.47 Å². The van der Waals surface area contributed by atoms with Crippen molar-refractivity contribution in [2.75, 3.05) is 14.2 Å². The molecule has 0 aliphatic heterocycles. The fraction of sp³-hybridized carbons (Fsp3) is 0.462. The highest BCUT2D eigenvalue weighted by atomic mass is 19.4. The molecule has 0 aliphatic carbocycles. The zero-order valence-corrected chi connectivity index (χ0v) is 29.9. The average Bonchev–Trinajstić information content (AvgIpc) is 3.04. The van der Waals surface area contributed by atoms with Gasteiger partial charge in [-0.3, -0.25) is 9.59 Å². The molecule has 0 radical (unpaired) electrons. The molecule has 0 fully saturated rings. The van der Waals surface area contributed by atoms with Gasteiger partial charge < -0.3 is 24.4 Å². The summed E-state index contributed by atoms with van der Waals surface area (Å²) in [5.41, 5.74) is -0.485. The van der Waals surface area contributed by atoms with E-state index in [1.807, 2.05) is 26.0 Å². The Morgan fingerprint density at radius 2 is 1.54 bits per heavy atom. The number of carbonyl (C=O) groups excluding carboxylic acids is 3. The van der Waals surface area contributed by atoms with E-state index in [0.717, 1.165) is 23.8 Å². The second-order valence-electron chi connectivity index (χ2n) is 12.8. The maximum absolute atomic E-state index is 14.4. The molecular weight excluding hydrogens is 653 g/mol. The van der Waals surface area contributed by atoms with E-state index in [1.165, 1.54) is 43.5 Å². The lowest BCUT2D eigenvalue weighted by atomic mass is 9.92. The SMILES string of the molecule is COC(=O)Cc1cc(O)cc(C/C=C(/C)CCC(=O)C(C)CC/C=C(\C)C[C@@H](C=C(C)C)OC(=O)[C@@](OC)(c2ccccc2)C(F)(F)F)c1O. The number of rotatable bonds is 18. The van der Waals surface area contributed by atoms with E-state index in [9.17, 15) is 37.8 Å². The van der Waals surface area contributed by atoms with Gasteiger partial charge in [0.25, 0.3) is 5.60 Å². The first-order chi connectivity index (χ1) is 23.4. The molecule has 0 aromatic heterocycles. The van der Waals surface area contributed by atoms with Crippen molar-refractivity contribution in [3.63, 3.8) is 0 Å². The van der Waals surface area contributed by atoms with Crippen molar-refractivity contribution in [3.05, 3.63) is 94.1 Å². The lowest BCUT2D eigenvalue weighted by Gasteiger charge is -2.33. The second kappa shape index (κ2) is 19.1. The van der Waals surface area contributed by atoms with Gasteiger partial charge in [-0.1, -0.05) is 66.1 Å². The van der Waals surface area contributed by atoms with Crippen LogP contribution in [0.2, 0.25) is 0 Å². The largest absolute Gasteiger partial charge is 0.508 e. The number of allylic oxidation sites excluding steroid dienone is 4. The second-order valence-corrected chi connectivity index (χ2v) is 12.8. The average molecular weight is 703 g/mol. The summed E-state index contributed by atoms with van der Waals surface area (Å²) in [6.07, 6.45) is 1.51. The van der Waals surface area contributed by atoms with E-state index >= 15 is 0 Å². The summed E-state index contributed by atoms with van der Waals surface area (Å²) in [6, 6.07) is 9.41. The van der Waals surface area contributed by atoms with Crippen LogP contribution in [-0.4, -0.2) is 54.4 Å². The number of phenolic OH excluding ortho intramolecular Hbond substituents is 2. The molecule has 3 atom stereocenters. The molecule has 1 unspecified atom stereocenters. The van der Waals surface area contributed by atoms with Crippen molar-refractivity contribution in [3.8, 4) is 11.5 Å². The Morgan fingerprint density at radius 3 is 2.12 bits per heavy atom. The molecular formula is C39H49F3O8. The molecule has 0 bridgehead atoms. The fourth-order valence-electron chi connectivity index (χ4n) is 5.47. The maximum atomic E-state index is 14.4. The third-order valence-corrected chi connectivity index (χ3v) is 8.37. The molecule has 2 N–H and O–H groups in total. The van der Waals surface area contributed by atoms with Crippen molar-refractivity contribution in [1.82, 2.24) is 0 Å². The van der Waals surface area contributed by atoms with Crippen LogP contribution in [0.4, 0.5) is 13.2 Å². The van der Waals surface area contributed by atoms with Crippen LogP contribution in [0.1, 0.15) is 83.4 Å². The molecule has 0 aliphatic rings. The zero-order valence-electron chi connectivity index (χ0n) is 29.9. The minimum absolute atomic E-state index is 0.0738. The number of carbonyl (C=O) groups is 3. The molecule has 8 nitrogen and oxygen atoms in total. The topological polar surface area (TPSA) is 119 Å². The normalized spacial score (nSPS) is 14.7. The fourth-order valence-corrected chi connectivity index (χ4v) is 5.47. The van der Waals surface area contributed by atoms with Gasteiger partial charge in [-0.05, 0) is 71.6 Å². The van der Waals surface area contributed by atoms with Crippen LogP contribution >= 0.6 is 0 Å². The lowest BCUT2D eigenvalue weighted by molar-refractivity contribution is -0.277. The van der Waals surface area contributed by atoms with Crippen molar-refractivity contribution in [2.24, 2.45) is 5.92 Å². The molecule has 50 heavy (non-hydrogen) atoms. The Morgan fingerprint density at radius 1 is 0.900 bits per heavy atom. The van der Waals surface area contributed by atoms with Crippen molar-refractivity contribution in [2.45, 2.75) is 97.4 Å². The van der Waals surface area contributed by atoms with Crippen molar-refractivity contribution >= 4 is 17.7 Å². The standard InChI is InChI=1S/C39H49F3O8/c1-25(2)20-33(50-37(47)38(49-7,39(40,41)42)31-14-9-8-10-15-31)21-27(4)12-11-13-28(5)34(44)19-17-26(3)16-18-29-22-32(43)23-30(36(29)46)24-35(45)48-6/h8-10,12,14-16,20,22-23,28,33,43,46H,11,13,17-19,21,24H2,1-7H3/b26-16-,27-12+/t28?,33-,38+/m1/s1. The van der Waals surface area contributed by atoms with Crippen molar-refractivity contribution in [1.29, 1.82) is 0 Å². The Hall–Kier alpha value is -4.38. The summed E-state index contributed by atoms with van der Waals surface area (Å²) in [7, 11) is 2.07. The molecule has 0 spiro atoms. The molecule has 2 aromatic rings. The van der Waals surface area contributed by atoms with E-state index < -0.39 is 29.8 Å². The highest BCUT2D eigenvalue weighted by molar-refractivity contribution is 5.83. The third-order valence-electron chi connectivity index (χ3n) is 8.37. The lowest BCUT2D eigenvalue weighted by Crippen LogP contribution is -2.52. The number of hydrogen-bond donors (Lipinski definition) is 2. The predicted octanol–water partition coefficient (Wildman–Crippen LogP) is 8.39. The van der Waals surface area contributed by atoms with E-state index in [0.29, 0.717) is 37.7 Å². The van der Waals surface area contributed by atoms with Gasteiger partial charge in [-0.25, -0.2) is 4.79 Å². The molecule has 0 heterocycles. The van der Waals surface area contributed by atoms with E-state index in [2.05, 4.69) is 4.74 Å². The number of esters is 2. The maximum Gasteiger partial charge on any atom is 0.432 e. The summed E-state index contributed by atoms with van der Waals surface area (Å²) < 4.78 is 58.1. The van der Waals surface area contributed by atoms with Crippen LogP contribution in [0, 0.1) is 5.92 Å². The molecule has 0 saturated heterocycles. The monoisotopic (exact) mass is 702 g/mol. The van der Waals surface area contributed by atoms with E-state index in [1.54, 1.807) is 32.9 Å². The first-order valence-corrected chi connectivity index (χ1v) is 16.4. The zero-order chi connectivity index (χ0) is 37.6. The number of phenols is 2. The predicted molar refractivity (Wildman–Crippen MR) is 184 cm³/mol. The van der Waals surface area contributed by atoms with Crippen LogP contribution < -0.4 is 0 Å². The third kappa shape index (κ3) is 11.9. The number of Topliss-reactive ketones (excluding diaryl/α,β-unsaturated/α-hetero) is 1. The number of benzene rings is 2. The van der Waals surface area contributed by atoms with Gasteiger partial charge in [0.15, 0.2) is 0 Å². The summed E-state index contributed by atoms with van der Waals surface area (Å²) >= 11 is 0. The number of ether oxygens (including phenoxy) is 3. The summed E-state index contributed by atoms with van der Waals surface area (Å²) in [5.74, 6) is -2.44. The molecule has 2 aromatic carbocycles. The highest BCUT2D eigenvalue weighted by Crippen LogP contribution is 2.43. The van der Waals surface area contributed by atoms with Gasteiger partial charge in [0.2, 0.25) is 0 Å². The van der Waals surface area contributed by atoms with Gasteiger partial charge in [-0.2, -0.15) is 13.2 Å². The molecule has 274 valence electrons. The van der Waals surface area contributed by atoms with Gasteiger partial charge in [0.1, 0.15) is 23.4 Å². The van der Waals surface area contributed by atoms with Crippen LogP contribution in [0.5, 0.6) is 11.5 Å². The minimum atomic E-state index is -5.08. The van der Waals surface area contributed by atoms with Gasteiger partial charge >= 0.3 is 18.1 Å². The van der Waals surface area contributed by atoms with Gasteiger partial charge in [0, 0.05) is 42.6 Å². The van der Waals surface area contributed by atoms with Crippen LogP contribution in [0.3, 0.4) is 0 Å². The molecule has 11 heteroatoms. The number of halogens is 3. The summed E-state index contributed by atoms with van der Waals surface area (Å²) in [5, 5.41) is 20.6. The van der Waals surface area contributed by atoms with Crippen LogP contribution in [0.25, 0.3) is 0 Å². The minimum Gasteiger partial charge on any atom is -0.508 e. The number of ketones is 1. The Balaban J connectivity index is 1.99. The first kappa shape index (κ1) is 41.8. The summed E-state index contributed by atoms with van der Waals surface area (Å²) in [4.78, 5) is 37.7. The molecule has 2 rings (SSSR count). The van der Waals surface area contributed by atoms with Crippen molar-refractivity contribution < 1.29 is 52.0 Å². The number of alkyl halides is 3. The van der Waals surface area contributed by atoms with Crippen LogP contribution in [-0.2, 0) is 47.0 Å². The smallest absolute Gasteiger partial charge is 0.432 e.